The molecule has 4 aromatic rings. The molecule has 0 saturated carbocycles. The van der Waals surface area contributed by atoms with Crippen molar-refractivity contribution in [1.82, 2.24) is 9.97 Å². The molecule has 1 aliphatic heterocycles. The maximum Gasteiger partial charge on any atom is 0.163 e. The first-order valence-electron chi connectivity index (χ1n) is 11.4. The summed E-state index contributed by atoms with van der Waals surface area (Å²) in [7, 11) is 0. The number of ketones is 1. The van der Waals surface area contributed by atoms with Gasteiger partial charge in [-0.25, -0.2) is 9.37 Å². The van der Waals surface area contributed by atoms with Crippen LogP contribution in [0.4, 0.5) is 21.6 Å². The van der Waals surface area contributed by atoms with Gasteiger partial charge < -0.3 is 16.0 Å². The third-order valence-electron chi connectivity index (χ3n) is 6.43. The number of rotatable bonds is 5. The molecule has 3 N–H and O–H groups in total. The average molecular weight is 490 g/mol. The summed E-state index contributed by atoms with van der Waals surface area (Å²) in [5.74, 6) is 0.384. The van der Waals surface area contributed by atoms with E-state index < -0.39 is 0 Å². The number of Topliss-reactive ketones (excluding diaryl/α,β-unsaturated/α-hetero) is 1. The number of carbonyl (C=O) groups is 1. The van der Waals surface area contributed by atoms with E-state index in [1.807, 2.05) is 30.3 Å². The number of nitrogens with one attached hydrogen (secondary N) is 1. The number of carbonyl (C=O) groups excluding carboxylic acids is 1. The van der Waals surface area contributed by atoms with Crippen molar-refractivity contribution < 1.29 is 9.18 Å². The van der Waals surface area contributed by atoms with E-state index in [1.165, 1.54) is 13.0 Å². The van der Waals surface area contributed by atoms with E-state index in [-0.39, 0.29) is 17.6 Å². The molecule has 1 unspecified atom stereocenters. The minimum atomic E-state index is -0.369. The summed E-state index contributed by atoms with van der Waals surface area (Å²) in [5, 5.41) is 4.47. The average Bonchev–Trinajstić information content (AvgIpc) is 3.28. The standard InChI is InChI=1S/C27H25ClFN5O/c1-15-23(28)10-18(11-24(15)29)17-3-5-25-21(9-17)27(22(13-31-25)16(2)35)33-20-4-6-26(32-12-20)34-8-7-19(30)14-34/h3-6,9-13,19H,7-8,14,30H2,1-2H3,(H,31,33). The van der Waals surface area contributed by atoms with Gasteiger partial charge in [0.25, 0.3) is 0 Å². The maximum absolute atomic E-state index is 14.4. The smallest absolute Gasteiger partial charge is 0.163 e. The van der Waals surface area contributed by atoms with Crippen LogP contribution in [0.25, 0.3) is 22.0 Å². The van der Waals surface area contributed by atoms with Gasteiger partial charge in [-0.1, -0.05) is 17.7 Å². The minimum Gasteiger partial charge on any atom is -0.355 e. The second-order valence-electron chi connectivity index (χ2n) is 8.92. The van der Waals surface area contributed by atoms with Gasteiger partial charge in [-0.3, -0.25) is 9.78 Å². The molecule has 35 heavy (non-hydrogen) atoms. The van der Waals surface area contributed by atoms with Crippen molar-refractivity contribution in [3.05, 3.63) is 76.8 Å². The Hall–Kier alpha value is -3.55. The Morgan fingerprint density at radius 1 is 1.14 bits per heavy atom. The number of hydrogen-bond acceptors (Lipinski definition) is 6. The Morgan fingerprint density at radius 3 is 2.63 bits per heavy atom. The molecule has 1 saturated heterocycles. The van der Waals surface area contributed by atoms with Crippen LogP contribution >= 0.6 is 11.6 Å². The summed E-state index contributed by atoms with van der Waals surface area (Å²) < 4.78 is 14.4. The van der Waals surface area contributed by atoms with Crippen LogP contribution in [-0.4, -0.2) is 34.9 Å². The first-order chi connectivity index (χ1) is 16.8. The van der Waals surface area contributed by atoms with E-state index in [9.17, 15) is 9.18 Å². The predicted molar refractivity (Wildman–Crippen MR) is 139 cm³/mol. The fourth-order valence-corrected chi connectivity index (χ4v) is 4.58. The molecule has 5 rings (SSSR count). The molecule has 0 spiro atoms. The van der Waals surface area contributed by atoms with Gasteiger partial charge in [0.05, 0.1) is 28.7 Å². The van der Waals surface area contributed by atoms with Gasteiger partial charge in [0.1, 0.15) is 11.6 Å². The number of pyridine rings is 2. The Balaban J connectivity index is 1.56. The highest BCUT2D eigenvalue weighted by atomic mass is 35.5. The molecule has 6 nitrogen and oxygen atoms in total. The van der Waals surface area contributed by atoms with E-state index in [0.717, 1.165) is 42.0 Å². The van der Waals surface area contributed by atoms with Crippen molar-refractivity contribution in [3.63, 3.8) is 0 Å². The summed E-state index contributed by atoms with van der Waals surface area (Å²) in [6.07, 6.45) is 4.27. The molecule has 1 aliphatic rings. The van der Waals surface area contributed by atoms with Crippen LogP contribution in [0.2, 0.25) is 5.02 Å². The zero-order valence-electron chi connectivity index (χ0n) is 19.5. The number of hydrogen-bond donors (Lipinski definition) is 2. The molecule has 178 valence electrons. The molecule has 0 aliphatic carbocycles. The lowest BCUT2D eigenvalue weighted by Crippen LogP contribution is -2.26. The highest BCUT2D eigenvalue weighted by Gasteiger charge is 2.20. The summed E-state index contributed by atoms with van der Waals surface area (Å²) in [4.78, 5) is 23.7. The normalized spacial score (nSPS) is 15.6. The van der Waals surface area contributed by atoms with Gasteiger partial charge in [-0.15, -0.1) is 0 Å². The summed E-state index contributed by atoms with van der Waals surface area (Å²) in [5.41, 5.74) is 10.4. The van der Waals surface area contributed by atoms with Crippen LogP contribution in [0.1, 0.15) is 29.3 Å². The first kappa shape index (κ1) is 23.2. The Labute approximate surface area is 207 Å². The number of halogens is 2. The zero-order valence-corrected chi connectivity index (χ0v) is 20.2. The monoisotopic (exact) mass is 489 g/mol. The predicted octanol–water partition coefficient (Wildman–Crippen LogP) is 5.88. The minimum absolute atomic E-state index is 0.118. The van der Waals surface area contributed by atoms with Gasteiger partial charge in [0, 0.05) is 41.3 Å². The van der Waals surface area contributed by atoms with E-state index in [1.54, 1.807) is 25.4 Å². The quantitative estimate of drug-likeness (QED) is 0.340. The fraction of sp³-hybridized carbons (Fsp3) is 0.222. The second kappa shape index (κ2) is 9.24. The molecule has 0 bridgehead atoms. The molecule has 8 heteroatoms. The van der Waals surface area contributed by atoms with Crippen LogP contribution < -0.4 is 16.0 Å². The van der Waals surface area contributed by atoms with Gasteiger partial charge >= 0.3 is 0 Å². The van der Waals surface area contributed by atoms with Crippen molar-refractivity contribution in [3.8, 4) is 11.1 Å². The third kappa shape index (κ3) is 4.57. The second-order valence-corrected chi connectivity index (χ2v) is 9.33. The van der Waals surface area contributed by atoms with E-state index in [0.29, 0.717) is 32.9 Å². The lowest BCUT2D eigenvalue weighted by molar-refractivity contribution is 0.101. The number of anilines is 3. The topological polar surface area (TPSA) is 84.1 Å². The van der Waals surface area contributed by atoms with Crippen LogP contribution in [0, 0.1) is 12.7 Å². The van der Waals surface area contributed by atoms with E-state index >= 15 is 0 Å². The number of fused-ring (bicyclic) bond motifs is 1. The van der Waals surface area contributed by atoms with Crippen molar-refractivity contribution in [2.45, 2.75) is 26.3 Å². The fourth-order valence-electron chi connectivity index (χ4n) is 4.37. The van der Waals surface area contributed by atoms with Gasteiger partial charge in [-0.2, -0.15) is 0 Å². The number of nitrogens with two attached hydrogens (primary N) is 1. The summed E-state index contributed by atoms with van der Waals surface area (Å²) in [6, 6.07) is 12.9. The molecule has 2 aromatic carbocycles. The van der Waals surface area contributed by atoms with Crippen molar-refractivity contribution in [2.75, 3.05) is 23.3 Å². The Bertz CT molecular complexity index is 1420. The van der Waals surface area contributed by atoms with Gasteiger partial charge in [0.2, 0.25) is 0 Å². The lowest BCUT2D eigenvalue weighted by atomic mass is 9.99. The number of nitrogens with zero attached hydrogens (tertiary/aromatic N) is 3. The first-order valence-corrected chi connectivity index (χ1v) is 11.8. The maximum atomic E-state index is 14.4. The molecular formula is C27H25ClFN5O. The molecule has 3 heterocycles. The summed E-state index contributed by atoms with van der Waals surface area (Å²) in [6.45, 7) is 4.82. The van der Waals surface area contributed by atoms with Crippen molar-refractivity contribution in [2.24, 2.45) is 5.73 Å². The van der Waals surface area contributed by atoms with E-state index in [2.05, 4.69) is 20.2 Å². The third-order valence-corrected chi connectivity index (χ3v) is 6.82. The molecule has 2 aromatic heterocycles. The number of benzene rings is 2. The zero-order chi connectivity index (χ0) is 24.7. The van der Waals surface area contributed by atoms with E-state index in [4.69, 9.17) is 17.3 Å². The lowest BCUT2D eigenvalue weighted by Gasteiger charge is -2.18. The highest BCUT2D eigenvalue weighted by molar-refractivity contribution is 6.31. The number of aromatic nitrogens is 2. The van der Waals surface area contributed by atoms with Gasteiger partial charge in [0.15, 0.2) is 5.78 Å². The largest absolute Gasteiger partial charge is 0.355 e. The Morgan fingerprint density at radius 2 is 1.97 bits per heavy atom. The van der Waals surface area contributed by atoms with Crippen LogP contribution in [0.5, 0.6) is 0 Å². The molecular weight excluding hydrogens is 465 g/mol. The van der Waals surface area contributed by atoms with Crippen molar-refractivity contribution >= 4 is 45.5 Å². The van der Waals surface area contributed by atoms with Crippen LogP contribution in [-0.2, 0) is 0 Å². The highest BCUT2D eigenvalue weighted by Crippen LogP contribution is 2.34. The SMILES string of the molecule is CC(=O)c1cnc2ccc(-c3cc(F)c(C)c(Cl)c3)cc2c1Nc1ccc(N2CCC(N)C2)nc1. The van der Waals surface area contributed by atoms with Crippen LogP contribution in [0.15, 0.2) is 54.9 Å². The molecule has 1 fully saturated rings. The molecule has 1 atom stereocenters. The van der Waals surface area contributed by atoms with Crippen LogP contribution in [0.3, 0.4) is 0 Å². The molecule has 0 amide bonds. The molecule has 0 radical (unpaired) electrons. The summed E-state index contributed by atoms with van der Waals surface area (Å²) >= 11 is 6.23. The Kier molecular flexibility index (Phi) is 6.13. The van der Waals surface area contributed by atoms with Crippen molar-refractivity contribution in [1.29, 1.82) is 0 Å². The van der Waals surface area contributed by atoms with Gasteiger partial charge in [-0.05, 0) is 67.8 Å².